The molecule has 0 aliphatic carbocycles. The number of rotatable bonds is 9. The van der Waals surface area contributed by atoms with Crippen molar-refractivity contribution in [1.29, 1.82) is 0 Å². The van der Waals surface area contributed by atoms with E-state index in [0.29, 0.717) is 15.8 Å². The number of nitrogens with zero attached hydrogens (tertiary/aromatic N) is 1. The van der Waals surface area contributed by atoms with Gasteiger partial charge in [0.1, 0.15) is 11.8 Å². The third kappa shape index (κ3) is 6.92. The monoisotopic (exact) mass is 450 g/mol. The quantitative estimate of drug-likeness (QED) is 0.592. The zero-order chi connectivity index (χ0) is 22.3. The molecule has 0 aliphatic heterocycles. The van der Waals surface area contributed by atoms with Crippen molar-refractivity contribution in [1.82, 2.24) is 10.2 Å². The normalized spacial score (nSPS) is 11.8. The van der Waals surface area contributed by atoms with E-state index in [1.807, 2.05) is 38.1 Å². The fourth-order valence-electron chi connectivity index (χ4n) is 2.87. The largest absolute Gasteiger partial charge is 0.484 e. The molecule has 0 spiro atoms. The summed E-state index contributed by atoms with van der Waals surface area (Å²) >= 11 is 12.1. The number of amides is 2. The van der Waals surface area contributed by atoms with Crippen molar-refractivity contribution >= 4 is 35.0 Å². The summed E-state index contributed by atoms with van der Waals surface area (Å²) in [5, 5.41) is 3.68. The van der Waals surface area contributed by atoms with Crippen LogP contribution in [-0.4, -0.2) is 35.4 Å². The summed E-state index contributed by atoms with van der Waals surface area (Å²) in [6.45, 7) is 7.55. The summed E-state index contributed by atoms with van der Waals surface area (Å²) in [6, 6.07) is 12.0. The Morgan fingerprint density at radius 3 is 2.20 bits per heavy atom. The van der Waals surface area contributed by atoms with E-state index < -0.39 is 6.04 Å². The van der Waals surface area contributed by atoms with E-state index in [4.69, 9.17) is 27.9 Å². The molecule has 0 unspecified atom stereocenters. The van der Waals surface area contributed by atoms with E-state index >= 15 is 0 Å². The highest BCUT2D eigenvalue weighted by Crippen LogP contribution is 2.24. The predicted molar refractivity (Wildman–Crippen MR) is 121 cm³/mol. The first-order valence-corrected chi connectivity index (χ1v) is 10.7. The molecule has 0 bridgehead atoms. The van der Waals surface area contributed by atoms with Crippen LogP contribution in [0.15, 0.2) is 42.5 Å². The van der Waals surface area contributed by atoms with Gasteiger partial charge in [-0.15, -0.1) is 0 Å². The summed E-state index contributed by atoms with van der Waals surface area (Å²) in [5.74, 6) is 0.0760. The highest BCUT2D eigenvalue weighted by molar-refractivity contribution is 6.42. The van der Waals surface area contributed by atoms with Gasteiger partial charge >= 0.3 is 0 Å². The van der Waals surface area contributed by atoms with Crippen molar-refractivity contribution in [3.63, 3.8) is 0 Å². The zero-order valence-corrected chi connectivity index (χ0v) is 19.3. The van der Waals surface area contributed by atoms with Crippen LogP contribution >= 0.6 is 23.2 Å². The van der Waals surface area contributed by atoms with Crippen molar-refractivity contribution in [2.24, 2.45) is 0 Å². The van der Waals surface area contributed by atoms with Crippen LogP contribution in [-0.2, 0) is 22.6 Å². The van der Waals surface area contributed by atoms with E-state index in [-0.39, 0.29) is 31.0 Å². The lowest BCUT2D eigenvalue weighted by atomic mass is 10.1. The van der Waals surface area contributed by atoms with Crippen LogP contribution in [0.1, 0.15) is 38.8 Å². The number of carbonyl (C=O) groups is 2. The first-order valence-electron chi connectivity index (χ1n) is 9.96. The summed E-state index contributed by atoms with van der Waals surface area (Å²) in [7, 11) is 0. The fraction of sp³-hybridized carbons (Fsp3) is 0.391. The van der Waals surface area contributed by atoms with E-state index in [1.165, 1.54) is 10.5 Å². The average molecular weight is 451 g/mol. The molecule has 0 saturated carbocycles. The number of benzene rings is 2. The molecule has 0 heterocycles. The van der Waals surface area contributed by atoms with Crippen molar-refractivity contribution in [2.75, 3.05) is 6.61 Å². The lowest BCUT2D eigenvalue weighted by Crippen LogP contribution is -2.50. The molecular formula is C23H28Cl2N2O3. The van der Waals surface area contributed by atoms with Crippen molar-refractivity contribution in [3.8, 4) is 5.75 Å². The second-order valence-corrected chi connectivity index (χ2v) is 8.21. The number of halogens is 2. The van der Waals surface area contributed by atoms with Gasteiger partial charge < -0.3 is 15.0 Å². The molecule has 7 heteroatoms. The SMILES string of the molecule is CCc1ccc(OCC(=O)N(Cc2ccc(Cl)c(Cl)c2)[C@H](C)C(=O)NC(C)C)cc1. The van der Waals surface area contributed by atoms with Crippen LogP contribution in [0.5, 0.6) is 5.75 Å². The minimum absolute atomic E-state index is 0.0322. The lowest BCUT2D eigenvalue weighted by Gasteiger charge is -2.29. The number of hydrogen-bond donors (Lipinski definition) is 1. The average Bonchev–Trinajstić information content (AvgIpc) is 2.72. The Morgan fingerprint density at radius 1 is 1.00 bits per heavy atom. The van der Waals surface area contributed by atoms with Gasteiger partial charge in [0.2, 0.25) is 5.91 Å². The van der Waals surface area contributed by atoms with Crippen LogP contribution < -0.4 is 10.1 Å². The van der Waals surface area contributed by atoms with Crippen LogP contribution in [0.2, 0.25) is 10.0 Å². The van der Waals surface area contributed by atoms with Crippen molar-refractivity contribution in [2.45, 2.75) is 52.7 Å². The smallest absolute Gasteiger partial charge is 0.261 e. The van der Waals surface area contributed by atoms with Crippen molar-refractivity contribution in [3.05, 3.63) is 63.6 Å². The molecule has 2 rings (SSSR count). The lowest BCUT2D eigenvalue weighted by molar-refractivity contribution is -0.142. The Balaban J connectivity index is 2.16. The minimum Gasteiger partial charge on any atom is -0.484 e. The summed E-state index contributed by atoms with van der Waals surface area (Å²) < 4.78 is 5.67. The molecule has 0 aromatic heterocycles. The molecule has 5 nitrogen and oxygen atoms in total. The van der Waals surface area contributed by atoms with Gasteiger partial charge in [0.15, 0.2) is 6.61 Å². The van der Waals surface area contributed by atoms with Gasteiger partial charge in [-0.2, -0.15) is 0 Å². The summed E-state index contributed by atoms with van der Waals surface area (Å²) in [6.07, 6.45) is 0.930. The minimum atomic E-state index is -0.680. The van der Waals surface area contributed by atoms with Crippen LogP contribution in [0.4, 0.5) is 0 Å². The van der Waals surface area contributed by atoms with E-state index in [1.54, 1.807) is 25.1 Å². The molecular weight excluding hydrogens is 423 g/mol. The number of aryl methyl sites for hydroxylation is 1. The first kappa shape index (κ1) is 24.0. The Hall–Kier alpha value is -2.24. The number of nitrogens with one attached hydrogen (secondary N) is 1. The van der Waals surface area contributed by atoms with Crippen LogP contribution in [0, 0.1) is 0 Å². The highest BCUT2D eigenvalue weighted by atomic mass is 35.5. The zero-order valence-electron chi connectivity index (χ0n) is 17.7. The fourth-order valence-corrected chi connectivity index (χ4v) is 3.19. The molecule has 1 atom stereocenters. The van der Waals surface area contributed by atoms with Crippen molar-refractivity contribution < 1.29 is 14.3 Å². The van der Waals surface area contributed by atoms with Gasteiger partial charge in [-0.3, -0.25) is 9.59 Å². The molecule has 2 aromatic rings. The molecule has 2 amide bonds. The second kappa shape index (κ2) is 11.2. The molecule has 0 aliphatic rings. The Bertz CT molecular complexity index is 869. The van der Waals surface area contributed by atoms with Crippen LogP contribution in [0.3, 0.4) is 0 Å². The first-order chi connectivity index (χ1) is 14.2. The van der Waals surface area contributed by atoms with Gasteiger partial charge in [0, 0.05) is 12.6 Å². The Kier molecular flexibility index (Phi) is 9.00. The predicted octanol–water partition coefficient (Wildman–Crippen LogP) is 4.88. The van der Waals surface area contributed by atoms with Crippen LogP contribution in [0.25, 0.3) is 0 Å². The molecule has 0 radical (unpaired) electrons. The third-order valence-electron chi connectivity index (χ3n) is 4.63. The topological polar surface area (TPSA) is 58.6 Å². The van der Waals surface area contributed by atoms with Gasteiger partial charge in [-0.25, -0.2) is 0 Å². The molecule has 0 fully saturated rings. The van der Waals surface area contributed by atoms with E-state index in [9.17, 15) is 9.59 Å². The van der Waals surface area contributed by atoms with Gasteiger partial charge in [-0.05, 0) is 62.6 Å². The van der Waals surface area contributed by atoms with E-state index in [2.05, 4.69) is 12.2 Å². The molecule has 2 aromatic carbocycles. The van der Waals surface area contributed by atoms with Gasteiger partial charge in [0.05, 0.1) is 10.0 Å². The molecule has 0 saturated heterocycles. The Morgan fingerprint density at radius 2 is 1.63 bits per heavy atom. The molecule has 162 valence electrons. The maximum atomic E-state index is 13.0. The number of hydrogen-bond acceptors (Lipinski definition) is 3. The standard InChI is InChI=1S/C23H28Cl2N2O3/c1-5-17-6-9-19(10-7-17)30-14-22(28)27(16(4)23(29)26-15(2)3)13-18-8-11-20(24)21(25)12-18/h6-12,15-16H,5,13-14H2,1-4H3,(H,26,29)/t16-/m1/s1. The maximum Gasteiger partial charge on any atom is 0.261 e. The summed E-state index contributed by atoms with van der Waals surface area (Å²) in [4.78, 5) is 27.0. The van der Waals surface area contributed by atoms with Gasteiger partial charge in [0.25, 0.3) is 5.91 Å². The highest BCUT2D eigenvalue weighted by Gasteiger charge is 2.27. The molecule has 30 heavy (non-hydrogen) atoms. The maximum absolute atomic E-state index is 13.0. The van der Waals surface area contributed by atoms with E-state index in [0.717, 1.165) is 12.0 Å². The molecule has 1 N–H and O–H groups in total. The summed E-state index contributed by atoms with van der Waals surface area (Å²) in [5.41, 5.74) is 1.96. The third-order valence-corrected chi connectivity index (χ3v) is 5.37. The van der Waals surface area contributed by atoms with Gasteiger partial charge in [-0.1, -0.05) is 48.3 Å². The number of ether oxygens (including phenoxy) is 1. The Labute approximate surface area is 188 Å². The second-order valence-electron chi connectivity index (χ2n) is 7.40. The number of carbonyl (C=O) groups excluding carboxylic acids is 2.